The summed E-state index contributed by atoms with van der Waals surface area (Å²) in [5.74, 6) is 0.820. The summed E-state index contributed by atoms with van der Waals surface area (Å²) in [6, 6.07) is 0. The Morgan fingerprint density at radius 2 is 1.90 bits per heavy atom. The third-order valence-corrected chi connectivity index (χ3v) is 4.64. The lowest BCUT2D eigenvalue weighted by atomic mass is 9.85. The van der Waals surface area contributed by atoms with Crippen molar-refractivity contribution in [3.05, 3.63) is 18.0 Å². The SMILES string of the molecule is CSc1ncc(CN2CCC([C@@H](O)C(C)C)CC2)cn1. The minimum atomic E-state index is -0.152. The standard InChI is InChI=1S/C15H25N3OS/c1-11(2)14(19)13-4-6-18(7-5-13)10-12-8-16-15(20-3)17-9-12/h8-9,11,13-14,19H,4-7,10H2,1-3H3/t14-/m0/s1. The average Bonchev–Trinajstić information content (AvgIpc) is 2.48. The van der Waals surface area contributed by atoms with Crippen LogP contribution in [-0.2, 0) is 6.54 Å². The molecule has 1 saturated heterocycles. The summed E-state index contributed by atoms with van der Waals surface area (Å²) in [4.78, 5) is 11.1. The van der Waals surface area contributed by atoms with Crippen LogP contribution in [0.15, 0.2) is 17.6 Å². The summed E-state index contributed by atoms with van der Waals surface area (Å²) in [6.45, 7) is 7.22. The Morgan fingerprint density at radius 1 is 1.30 bits per heavy atom. The summed E-state index contributed by atoms with van der Waals surface area (Å²) < 4.78 is 0. The van der Waals surface area contributed by atoms with E-state index in [1.807, 2.05) is 18.6 Å². The Bertz CT molecular complexity index is 402. The van der Waals surface area contributed by atoms with E-state index in [0.29, 0.717) is 11.8 Å². The van der Waals surface area contributed by atoms with Crippen LogP contribution in [-0.4, -0.2) is 45.4 Å². The zero-order chi connectivity index (χ0) is 14.5. The number of likely N-dealkylation sites (tertiary alicyclic amines) is 1. The van der Waals surface area contributed by atoms with Crippen LogP contribution in [0.2, 0.25) is 0 Å². The first-order valence-electron chi connectivity index (χ1n) is 7.35. The van der Waals surface area contributed by atoms with Gasteiger partial charge in [0, 0.05) is 24.5 Å². The fraction of sp³-hybridized carbons (Fsp3) is 0.733. The highest BCUT2D eigenvalue weighted by molar-refractivity contribution is 7.98. The second-order valence-electron chi connectivity index (χ2n) is 5.93. The van der Waals surface area contributed by atoms with E-state index in [1.165, 1.54) is 5.56 Å². The van der Waals surface area contributed by atoms with Crippen molar-refractivity contribution in [3.8, 4) is 0 Å². The van der Waals surface area contributed by atoms with Crippen molar-refractivity contribution >= 4 is 11.8 Å². The Morgan fingerprint density at radius 3 is 2.40 bits per heavy atom. The van der Waals surface area contributed by atoms with E-state index in [1.54, 1.807) is 11.8 Å². The van der Waals surface area contributed by atoms with Gasteiger partial charge in [0.15, 0.2) is 5.16 Å². The lowest BCUT2D eigenvalue weighted by Gasteiger charge is -2.35. The van der Waals surface area contributed by atoms with E-state index in [4.69, 9.17) is 0 Å². The molecule has 5 heteroatoms. The molecule has 1 atom stereocenters. The summed E-state index contributed by atoms with van der Waals surface area (Å²) in [5.41, 5.74) is 1.17. The van der Waals surface area contributed by atoms with Crippen LogP contribution >= 0.6 is 11.8 Å². The van der Waals surface area contributed by atoms with Gasteiger partial charge in [-0.1, -0.05) is 25.6 Å². The van der Waals surface area contributed by atoms with Crippen molar-refractivity contribution in [2.24, 2.45) is 11.8 Å². The Kier molecular flexibility index (Phi) is 5.81. The van der Waals surface area contributed by atoms with Crippen molar-refractivity contribution in [1.29, 1.82) is 0 Å². The van der Waals surface area contributed by atoms with Crippen LogP contribution in [0.5, 0.6) is 0 Å². The molecule has 4 nitrogen and oxygen atoms in total. The van der Waals surface area contributed by atoms with Gasteiger partial charge in [-0.25, -0.2) is 9.97 Å². The number of aliphatic hydroxyl groups excluding tert-OH is 1. The van der Waals surface area contributed by atoms with Gasteiger partial charge in [-0.15, -0.1) is 0 Å². The number of hydrogen-bond acceptors (Lipinski definition) is 5. The number of aliphatic hydroxyl groups is 1. The predicted octanol–water partition coefficient (Wildman–Crippen LogP) is 2.43. The molecule has 0 aromatic carbocycles. The van der Waals surface area contributed by atoms with Crippen LogP contribution in [0.3, 0.4) is 0 Å². The number of hydrogen-bond donors (Lipinski definition) is 1. The molecule has 1 fully saturated rings. The van der Waals surface area contributed by atoms with Crippen LogP contribution in [0.1, 0.15) is 32.3 Å². The average molecular weight is 295 g/mol. The monoisotopic (exact) mass is 295 g/mol. The maximum atomic E-state index is 10.1. The smallest absolute Gasteiger partial charge is 0.187 e. The van der Waals surface area contributed by atoms with Crippen LogP contribution < -0.4 is 0 Å². The first kappa shape index (κ1) is 15.7. The molecule has 1 aromatic rings. The van der Waals surface area contributed by atoms with E-state index in [2.05, 4.69) is 28.7 Å². The molecule has 112 valence electrons. The van der Waals surface area contributed by atoms with E-state index in [-0.39, 0.29) is 6.10 Å². The molecule has 0 unspecified atom stereocenters. The van der Waals surface area contributed by atoms with Gasteiger partial charge in [0.2, 0.25) is 0 Å². The number of piperidine rings is 1. The minimum Gasteiger partial charge on any atom is -0.393 e. The molecule has 20 heavy (non-hydrogen) atoms. The van der Waals surface area contributed by atoms with Crippen molar-refractivity contribution in [2.75, 3.05) is 19.3 Å². The fourth-order valence-electron chi connectivity index (χ4n) is 2.79. The summed E-state index contributed by atoms with van der Waals surface area (Å²) in [7, 11) is 0. The van der Waals surface area contributed by atoms with Crippen LogP contribution in [0.25, 0.3) is 0 Å². The molecule has 0 bridgehead atoms. The molecule has 0 saturated carbocycles. The summed E-state index contributed by atoms with van der Waals surface area (Å²) in [6.07, 6.45) is 7.86. The van der Waals surface area contributed by atoms with E-state index < -0.39 is 0 Å². The molecule has 0 spiro atoms. The lowest BCUT2D eigenvalue weighted by molar-refractivity contribution is 0.0269. The third-order valence-electron chi connectivity index (χ3n) is 4.07. The Hall–Kier alpha value is -0.650. The molecular formula is C15H25N3OS. The molecule has 0 aliphatic carbocycles. The second-order valence-corrected chi connectivity index (χ2v) is 6.70. The Balaban J connectivity index is 1.81. The number of rotatable bonds is 5. The second kappa shape index (κ2) is 7.38. The van der Waals surface area contributed by atoms with Gasteiger partial charge in [0.1, 0.15) is 0 Å². The van der Waals surface area contributed by atoms with Gasteiger partial charge >= 0.3 is 0 Å². The number of aromatic nitrogens is 2. The van der Waals surface area contributed by atoms with Gasteiger partial charge in [0.05, 0.1) is 6.10 Å². The predicted molar refractivity (Wildman–Crippen MR) is 82.7 cm³/mol. The van der Waals surface area contributed by atoms with E-state index >= 15 is 0 Å². The van der Waals surface area contributed by atoms with E-state index in [9.17, 15) is 5.11 Å². The highest BCUT2D eigenvalue weighted by atomic mass is 32.2. The van der Waals surface area contributed by atoms with Gasteiger partial charge in [-0.05, 0) is 44.0 Å². The van der Waals surface area contributed by atoms with Gasteiger partial charge in [-0.2, -0.15) is 0 Å². The van der Waals surface area contributed by atoms with Crippen molar-refractivity contribution in [2.45, 2.75) is 44.5 Å². The number of nitrogens with zero attached hydrogens (tertiary/aromatic N) is 3. The van der Waals surface area contributed by atoms with Crippen molar-refractivity contribution in [3.63, 3.8) is 0 Å². The Labute approximate surface area is 126 Å². The molecule has 1 N–H and O–H groups in total. The molecule has 0 amide bonds. The van der Waals surface area contributed by atoms with Crippen molar-refractivity contribution in [1.82, 2.24) is 14.9 Å². The first-order chi connectivity index (χ1) is 9.60. The largest absolute Gasteiger partial charge is 0.393 e. The van der Waals surface area contributed by atoms with Crippen LogP contribution in [0.4, 0.5) is 0 Å². The minimum absolute atomic E-state index is 0.152. The molecule has 2 heterocycles. The molecule has 1 aliphatic heterocycles. The highest BCUT2D eigenvalue weighted by Gasteiger charge is 2.26. The fourth-order valence-corrected chi connectivity index (χ4v) is 3.10. The van der Waals surface area contributed by atoms with Crippen LogP contribution in [0, 0.1) is 11.8 Å². The first-order valence-corrected chi connectivity index (χ1v) is 8.58. The highest BCUT2D eigenvalue weighted by Crippen LogP contribution is 2.25. The number of thioether (sulfide) groups is 1. The quantitative estimate of drug-likeness (QED) is 0.668. The molecular weight excluding hydrogens is 270 g/mol. The van der Waals surface area contributed by atoms with Crippen molar-refractivity contribution < 1.29 is 5.11 Å². The maximum absolute atomic E-state index is 10.1. The normalized spacial score (nSPS) is 19.4. The maximum Gasteiger partial charge on any atom is 0.187 e. The lowest BCUT2D eigenvalue weighted by Crippen LogP contribution is -2.39. The van der Waals surface area contributed by atoms with Gasteiger partial charge in [0.25, 0.3) is 0 Å². The molecule has 1 aliphatic rings. The topological polar surface area (TPSA) is 49.2 Å². The summed E-state index contributed by atoms with van der Waals surface area (Å²) in [5, 5.41) is 11.0. The molecule has 1 aromatic heterocycles. The molecule has 0 radical (unpaired) electrons. The summed E-state index contributed by atoms with van der Waals surface area (Å²) >= 11 is 1.57. The molecule has 2 rings (SSSR count). The van der Waals surface area contributed by atoms with Gasteiger partial charge < -0.3 is 5.11 Å². The van der Waals surface area contributed by atoms with E-state index in [0.717, 1.165) is 37.6 Å². The zero-order valence-corrected chi connectivity index (χ0v) is 13.4. The third kappa shape index (κ3) is 4.17. The van der Waals surface area contributed by atoms with Gasteiger partial charge in [-0.3, -0.25) is 4.90 Å². The zero-order valence-electron chi connectivity index (χ0n) is 12.6.